The van der Waals surface area contributed by atoms with Crippen molar-refractivity contribution in [2.24, 2.45) is 0 Å². The van der Waals surface area contributed by atoms with Crippen LogP contribution in [0.3, 0.4) is 0 Å². The Labute approximate surface area is 187 Å². The summed E-state index contributed by atoms with van der Waals surface area (Å²) in [6.07, 6.45) is 0. The predicted octanol–water partition coefficient (Wildman–Crippen LogP) is 8.12. The molecule has 5 rings (SSSR count). The van der Waals surface area contributed by atoms with E-state index in [4.69, 9.17) is 0 Å². The van der Waals surface area contributed by atoms with Crippen molar-refractivity contribution in [2.45, 2.75) is 40.0 Å². The molecule has 0 unspecified atom stereocenters. The minimum atomic E-state index is -0.380. The molecule has 1 nitrogen and oxygen atoms in total. The number of hydrogen-bond donors (Lipinski definition) is 1. The summed E-state index contributed by atoms with van der Waals surface area (Å²) in [4.78, 5) is 0. The van der Waals surface area contributed by atoms with E-state index in [1.54, 1.807) is 12.1 Å². The molecule has 0 atom stereocenters. The molecule has 158 valence electrons. The van der Waals surface area contributed by atoms with Gasteiger partial charge in [-0.15, -0.1) is 0 Å². The fraction of sp³-hybridized carbons (Fsp3) is 0.200. The number of phenols is 1. The Morgan fingerprint density at radius 2 is 0.903 bits per heavy atom. The third kappa shape index (κ3) is 3.65. The maximum Gasteiger partial charge on any atom is 0.115 e. The van der Waals surface area contributed by atoms with E-state index in [0.29, 0.717) is 0 Å². The third-order valence-corrected chi connectivity index (χ3v) is 5.74. The molecular formula is C30H32O. The average Bonchev–Trinajstić information content (AvgIpc) is 3.14. The van der Waals surface area contributed by atoms with Crippen LogP contribution in [-0.4, -0.2) is 5.11 Å². The van der Waals surface area contributed by atoms with E-state index in [-0.39, 0.29) is 11.2 Å². The highest BCUT2D eigenvalue weighted by molar-refractivity contribution is 5.86. The van der Waals surface area contributed by atoms with E-state index in [1.807, 2.05) is 39.8 Å². The summed E-state index contributed by atoms with van der Waals surface area (Å²) in [6, 6.07) is 33.9. The van der Waals surface area contributed by atoms with Crippen LogP contribution in [0.2, 0.25) is 0 Å². The molecule has 0 aliphatic heterocycles. The van der Waals surface area contributed by atoms with Gasteiger partial charge < -0.3 is 5.11 Å². The molecule has 0 saturated carbocycles. The molecular weight excluding hydrogens is 376 g/mol. The maximum absolute atomic E-state index is 9.88. The first-order valence-electron chi connectivity index (χ1n) is 11.3. The monoisotopic (exact) mass is 408 g/mol. The van der Waals surface area contributed by atoms with Crippen molar-refractivity contribution < 1.29 is 5.11 Å². The van der Waals surface area contributed by atoms with Crippen molar-refractivity contribution in [1.29, 1.82) is 0 Å². The molecule has 0 saturated heterocycles. The topological polar surface area (TPSA) is 20.2 Å². The summed E-state index contributed by atoms with van der Waals surface area (Å²) in [7, 11) is 0. The molecule has 0 bridgehead atoms. The largest absolute Gasteiger partial charge is 0.508 e. The first-order valence-corrected chi connectivity index (χ1v) is 11.3. The fourth-order valence-electron chi connectivity index (χ4n) is 4.54. The number of aromatic hydroxyl groups is 1. The smallest absolute Gasteiger partial charge is 0.115 e. The molecule has 0 amide bonds. The Balaban J connectivity index is 0.000000645. The number of benzene rings is 4. The minimum Gasteiger partial charge on any atom is -0.508 e. The van der Waals surface area contributed by atoms with Crippen LogP contribution in [0.15, 0.2) is 97.1 Å². The van der Waals surface area contributed by atoms with Crippen molar-refractivity contribution in [3.63, 3.8) is 0 Å². The normalized spacial score (nSPS) is 12.4. The molecule has 0 fully saturated rings. The molecule has 1 aliphatic rings. The SMILES string of the molecule is CC.CC.Cc1ccc(C2(c3ccc(O)cc3)c3ccccc3-c3ccccc32)cc1. The van der Waals surface area contributed by atoms with Crippen LogP contribution in [0.25, 0.3) is 11.1 Å². The number of phenolic OH excluding ortho intramolecular Hbond substituents is 1. The van der Waals surface area contributed by atoms with Crippen molar-refractivity contribution in [3.05, 3.63) is 125 Å². The van der Waals surface area contributed by atoms with Crippen molar-refractivity contribution >= 4 is 0 Å². The first kappa shape index (κ1) is 22.4. The summed E-state index contributed by atoms with van der Waals surface area (Å²) in [5.41, 5.74) is 8.43. The molecule has 1 aliphatic carbocycles. The zero-order valence-corrected chi connectivity index (χ0v) is 19.2. The lowest BCUT2D eigenvalue weighted by Gasteiger charge is -2.34. The maximum atomic E-state index is 9.88. The van der Waals surface area contributed by atoms with E-state index in [9.17, 15) is 5.11 Å². The predicted molar refractivity (Wildman–Crippen MR) is 133 cm³/mol. The average molecular weight is 409 g/mol. The van der Waals surface area contributed by atoms with Gasteiger partial charge in [0, 0.05) is 0 Å². The molecule has 1 N–H and O–H groups in total. The third-order valence-electron chi connectivity index (χ3n) is 5.74. The Hall–Kier alpha value is -3.32. The Morgan fingerprint density at radius 3 is 1.35 bits per heavy atom. The molecule has 0 radical (unpaired) electrons. The van der Waals surface area contributed by atoms with Crippen LogP contribution >= 0.6 is 0 Å². The lowest BCUT2D eigenvalue weighted by atomic mass is 9.67. The highest BCUT2D eigenvalue weighted by Gasteiger charge is 2.45. The fourth-order valence-corrected chi connectivity index (χ4v) is 4.54. The summed E-state index contributed by atoms with van der Waals surface area (Å²) in [5, 5.41) is 9.88. The zero-order valence-electron chi connectivity index (χ0n) is 19.2. The second kappa shape index (κ2) is 9.66. The van der Waals surface area contributed by atoms with Gasteiger partial charge in [0.1, 0.15) is 5.75 Å². The van der Waals surface area contributed by atoms with Crippen molar-refractivity contribution in [3.8, 4) is 16.9 Å². The summed E-state index contributed by atoms with van der Waals surface area (Å²) in [6.45, 7) is 10.1. The van der Waals surface area contributed by atoms with Crippen molar-refractivity contribution in [1.82, 2.24) is 0 Å². The zero-order chi connectivity index (χ0) is 22.4. The van der Waals surface area contributed by atoms with Gasteiger partial charge in [-0.1, -0.05) is 118 Å². The Morgan fingerprint density at radius 1 is 0.516 bits per heavy atom. The van der Waals surface area contributed by atoms with Crippen LogP contribution < -0.4 is 0 Å². The van der Waals surface area contributed by atoms with Gasteiger partial charge in [-0.3, -0.25) is 0 Å². The molecule has 4 aromatic rings. The second-order valence-corrected chi connectivity index (χ2v) is 7.25. The molecule has 0 aromatic heterocycles. The van der Waals surface area contributed by atoms with E-state index >= 15 is 0 Å². The summed E-state index contributed by atoms with van der Waals surface area (Å²) < 4.78 is 0. The van der Waals surface area contributed by atoms with Crippen LogP contribution in [0.4, 0.5) is 0 Å². The quantitative estimate of drug-likeness (QED) is 0.313. The number of aryl methyl sites for hydroxylation is 1. The standard InChI is InChI=1S/C26H20O.2C2H6/c1-18-10-12-19(13-11-18)26(20-14-16-21(27)17-15-20)24-8-4-2-6-22(24)23-7-3-5-9-25(23)26;2*1-2/h2-17,27H,1H3;2*1-2H3. The number of hydrogen-bond acceptors (Lipinski definition) is 1. The highest BCUT2D eigenvalue weighted by atomic mass is 16.3. The molecule has 31 heavy (non-hydrogen) atoms. The Bertz CT molecular complexity index is 1030. The first-order chi connectivity index (χ1) is 15.2. The summed E-state index contributed by atoms with van der Waals surface area (Å²) >= 11 is 0. The van der Waals surface area contributed by atoms with E-state index in [2.05, 4.69) is 79.7 Å². The van der Waals surface area contributed by atoms with E-state index < -0.39 is 0 Å². The molecule has 0 heterocycles. The van der Waals surface area contributed by atoms with E-state index in [0.717, 1.165) is 0 Å². The molecule has 1 heteroatoms. The Kier molecular flexibility index (Phi) is 6.97. The summed E-state index contributed by atoms with van der Waals surface area (Å²) in [5.74, 6) is 0.289. The van der Waals surface area contributed by atoms with E-state index in [1.165, 1.54) is 38.9 Å². The van der Waals surface area contributed by atoms with Gasteiger partial charge in [0.15, 0.2) is 0 Å². The van der Waals surface area contributed by atoms with Crippen LogP contribution in [0.5, 0.6) is 5.75 Å². The van der Waals surface area contributed by atoms with Crippen LogP contribution in [0, 0.1) is 6.92 Å². The molecule has 0 spiro atoms. The van der Waals surface area contributed by atoms with Crippen molar-refractivity contribution in [2.75, 3.05) is 0 Å². The second-order valence-electron chi connectivity index (χ2n) is 7.25. The lowest BCUT2D eigenvalue weighted by molar-refractivity contribution is 0.475. The van der Waals surface area contributed by atoms with Gasteiger partial charge >= 0.3 is 0 Å². The minimum absolute atomic E-state index is 0.289. The van der Waals surface area contributed by atoms with Gasteiger partial charge in [-0.05, 0) is 52.4 Å². The number of rotatable bonds is 2. The van der Waals surface area contributed by atoms with Gasteiger partial charge in [0.2, 0.25) is 0 Å². The van der Waals surface area contributed by atoms with Gasteiger partial charge in [0.05, 0.1) is 5.41 Å². The lowest BCUT2D eigenvalue weighted by Crippen LogP contribution is -2.28. The molecule has 4 aromatic carbocycles. The van der Waals surface area contributed by atoms with Crippen LogP contribution in [0.1, 0.15) is 55.5 Å². The van der Waals surface area contributed by atoms with Crippen LogP contribution in [-0.2, 0) is 5.41 Å². The number of fused-ring (bicyclic) bond motifs is 3. The van der Waals surface area contributed by atoms with Gasteiger partial charge in [-0.25, -0.2) is 0 Å². The van der Waals surface area contributed by atoms with Gasteiger partial charge in [0.25, 0.3) is 0 Å². The van der Waals surface area contributed by atoms with Gasteiger partial charge in [-0.2, -0.15) is 0 Å². The highest BCUT2D eigenvalue weighted by Crippen LogP contribution is 2.55.